The van der Waals surface area contributed by atoms with E-state index in [1.807, 2.05) is 19.2 Å². The minimum Gasteiger partial charge on any atom is -0.370 e. The van der Waals surface area contributed by atoms with Crippen LogP contribution in [0.15, 0.2) is 35.7 Å². The molecule has 0 spiro atoms. The van der Waals surface area contributed by atoms with Crippen LogP contribution in [0.4, 0.5) is 5.69 Å². The molecule has 2 N–H and O–H groups in total. The molecule has 1 aromatic heterocycles. The number of ether oxygens (including phenoxy) is 1. The van der Waals surface area contributed by atoms with Gasteiger partial charge in [-0.3, -0.25) is 4.79 Å². The van der Waals surface area contributed by atoms with Crippen molar-refractivity contribution < 1.29 is 14.4 Å². The fourth-order valence-electron chi connectivity index (χ4n) is 2.56. The molecule has 0 atom stereocenters. The topological polar surface area (TPSA) is 73.5 Å². The third kappa shape index (κ3) is 4.80. The number of aromatic nitrogens is 3. The van der Waals surface area contributed by atoms with E-state index < -0.39 is 0 Å². The molecule has 1 fully saturated rings. The Morgan fingerprint density at radius 2 is 2.08 bits per heavy atom. The largest absolute Gasteiger partial charge is 0.370 e. The lowest BCUT2D eigenvalue weighted by molar-refractivity contribution is -0.921. The molecule has 0 unspecified atom stereocenters. The number of nitrogens with zero attached hydrogens (tertiary/aromatic N) is 3. The van der Waals surface area contributed by atoms with Crippen LogP contribution in [0.5, 0.6) is 0 Å². The van der Waals surface area contributed by atoms with E-state index in [2.05, 4.69) is 27.6 Å². The van der Waals surface area contributed by atoms with Gasteiger partial charge in [-0.15, -0.1) is 10.2 Å². The van der Waals surface area contributed by atoms with Crippen LogP contribution < -0.4 is 10.2 Å². The smallest absolute Gasteiger partial charge is 0.234 e. The zero-order valence-corrected chi connectivity index (χ0v) is 14.5. The zero-order chi connectivity index (χ0) is 16.8. The third-order valence-corrected chi connectivity index (χ3v) is 4.93. The van der Waals surface area contributed by atoms with Gasteiger partial charge in [-0.05, 0) is 12.1 Å². The van der Waals surface area contributed by atoms with Gasteiger partial charge in [0.15, 0.2) is 5.16 Å². The van der Waals surface area contributed by atoms with E-state index in [0.717, 1.165) is 43.7 Å². The third-order valence-electron chi connectivity index (χ3n) is 3.89. The van der Waals surface area contributed by atoms with Crippen LogP contribution in [0.25, 0.3) is 0 Å². The van der Waals surface area contributed by atoms with Crippen molar-refractivity contribution in [2.75, 3.05) is 37.4 Å². The molecule has 0 radical (unpaired) electrons. The number of benzene rings is 1. The molecule has 1 aliphatic heterocycles. The van der Waals surface area contributed by atoms with Crippen molar-refractivity contribution in [1.29, 1.82) is 0 Å². The summed E-state index contributed by atoms with van der Waals surface area (Å²) in [7, 11) is 1.86. The van der Waals surface area contributed by atoms with Crippen molar-refractivity contribution in [3.63, 3.8) is 0 Å². The predicted octanol–water partition coefficient (Wildman–Crippen LogP) is -0.0390. The zero-order valence-electron chi connectivity index (χ0n) is 13.7. The van der Waals surface area contributed by atoms with E-state index in [1.54, 1.807) is 10.9 Å². The fourth-order valence-corrected chi connectivity index (χ4v) is 3.25. The molecule has 1 amide bonds. The molecule has 0 aliphatic carbocycles. The number of thioether (sulfide) groups is 1. The molecule has 24 heavy (non-hydrogen) atoms. The highest BCUT2D eigenvalue weighted by Gasteiger charge is 2.14. The highest BCUT2D eigenvalue weighted by atomic mass is 32.2. The van der Waals surface area contributed by atoms with Gasteiger partial charge < -0.3 is 19.5 Å². The lowest BCUT2D eigenvalue weighted by atomic mass is 10.2. The molecular weight excluding hydrogens is 326 g/mol. The number of hydrogen-bond donors (Lipinski definition) is 2. The second kappa shape index (κ2) is 8.27. The number of anilines is 1. The SMILES string of the molecule is Cn1cnnc1SCC(=O)Nc1ccc(C[NH+]2CCOCC2)cc1. The van der Waals surface area contributed by atoms with Crippen LogP contribution in [0.2, 0.25) is 0 Å². The molecule has 1 aromatic carbocycles. The molecule has 0 bridgehead atoms. The van der Waals surface area contributed by atoms with Gasteiger partial charge in [-0.2, -0.15) is 0 Å². The molecule has 2 heterocycles. The van der Waals surface area contributed by atoms with E-state index in [9.17, 15) is 4.79 Å². The molecule has 0 saturated carbocycles. The van der Waals surface area contributed by atoms with Gasteiger partial charge in [0.2, 0.25) is 5.91 Å². The summed E-state index contributed by atoms with van der Waals surface area (Å²) < 4.78 is 7.17. The average molecular weight is 348 g/mol. The van der Waals surface area contributed by atoms with E-state index in [4.69, 9.17) is 4.74 Å². The summed E-state index contributed by atoms with van der Waals surface area (Å²) in [5.41, 5.74) is 2.10. The highest BCUT2D eigenvalue weighted by Crippen LogP contribution is 2.14. The van der Waals surface area contributed by atoms with Gasteiger partial charge in [0.1, 0.15) is 26.0 Å². The lowest BCUT2D eigenvalue weighted by Crippen LogP contribution is -3.12. The number of carbonyl (C=O) groups is 1. The summed E-state index contributed by atoms with van der Waals surface area (Å²) in [5.74, 6) is 0.265. The van der Waals surface area contributed by atoms with E-state index >= 15 is 0 Å². The number of aryl methyl sites for hydroxylation is 1. The van der Waals surface area contributed by atoms with Crippen LogP contribution >= 0.6 is 11.8 Å². The summed E-state index contributed by atoms with van der Waals surface area (Å²) in [4.78, 5) is 13.6. The van der Waals surface area contributed by atoms with Gasteiger partial charge in [0.25, 0.3) is 0 Å². The number of quaternary nitrogens is 1. The first kappa shape index (κ1) is 16.9. The normalized spacial score (nSPS) is 15.4. The number of rotatable bonds is 6. The maximum Gasteiger partial charge on any atom is 0.234 e. The minimum atomic E-state index is -0.0467. The summed E-state index contributed by atoms with van der Waals surface area (Å²) in [6, 6.07) is 8.07. The molecule has 7 nitrogen and oxygen atoms in total. The van der Waals surface area contributed by atoms with Gasteiger partial charge in [0.05, 0.1) is 19.0 Å². The standard InChI is InChI=1S/C16H21N5O2S/c1-20-12-17-19-16(20)24-11-15(22)18-14-4-2-13(3-5-14)10-21-6-8-23-9-7-21/h2-5,12H,6-11H2,1H3,(H,18,22)/p+1. The fraction of sp³-hybridized carbons (Fsp3) is 0.438. The van der Waals surface area contributed by atoms with Gasteiger partial charge in [-0.1, -0.05) is 23.9 Å². The van der Waals surface area contributed by atoms with Gasteiger partial charge >= 0.3 is 0 Å². The molecule has 8 heteroatoms. The van der Waals surface area contributed by atoms with Crippen LogP contribution in [0.1, 0.15) is 5.56 Å². The van der Waals surface area contributed by atoms with Gasteiger partial charge in [0, 0.05) is 18.3 Å². The van der Waals surface area contributed by atoms with Crippen molar-refractivity contribution in [2.45, 2.75) is 11.7 Å². The first-order valence-electron chi connectivity index (χ1n) is 7.97. The maximum atomic E-state index is 12.0. The lowest BCUT2D eigenvalue weighted by Gasteiger charge is -2.23. The quantitative estimate of drug-likeness (QED) is 0.717. The second-order valence-corrected chi connectivity index (χ2v) is 6.74. The Kier molecular flexibility index (Phi) is 5.84. The average Bonchev–Trinajstić information content (AvgIpc) is 3.01. The van der Waals surface area contributed by atoms with Crippen molar-refractivity contribution >= 4 is 23.4 Å². The molecule has 1 saturated heterocycles. The Morgan fingerprint density at radius 1 is 1.33 bits per heavy atom. The first-order valence-corrected chi connectivity index (χ1v) is 8.96. The number of amides is 1. The maximum absolute atomic E-state index is 12.0. The number of hydrogen-bond acceptors (Lipinski definition) is 5. The second-order valence-electron chi connectivity index (χ2n) is 5.80. The summed E-state index contributed by atoms with van der Waals surface area (Å²) >= 11 is 1.37. The van der Waals surface area contributed by atoms with Crippen molar-refractivity contribution in [3.8, 4) is 0 Å². The molecule has 1 aliphatic rings. The minimum absolute atomic E-state index is 0.0467. The number of nitrogens with one attached hydrogen (secondary N) is 2. The van der Waals surface area contributed by atoms with Crippen molar-refractivity contribution in [1.82, 2.24) is 14.8 Å². The Hall–Kier alpha value is -1.90. The summed E-state index contributed by atoms with van der Waals surface area (Å²) in [6.45, 7) is 4.79. The molecular formula is C16H22N5O2S+. The highest BCUT2D eigenvalue weighted by molar-refractivity contribution is 7.99. The van der Waals surface area contributed by atoms with Crippen LogP contribution in [-0.4, -0.2) is 52.7 Å². The first-order chi connectivity index (χ1) is 11.7. The molecule has 3 rings (SSSR count). The Morgan fingerprint density at radius 3 is 2.75 bits per heavy atom. The summed E-state index contributed by atoms with van der Waals surface area (Å²) in [6.07, 6.45) is 1.62. The van der Waals surface area contributed by atoms with Gasteiger partial charge in [-0.25, -0.2) is 0 Å². The Labute approximate surface area is 145 Å². The monoisotopic (exact) mass is 348 g/mol. The number of carbonyl (C=O) groups excluding carboxylic acids is 1. The van der Waals surface area contributed by atoms with E-state index in [0.29, 0.717) is 5.75 Å². The Bertz CT molecular complexity index is 667. The van der Waals surface area contributed by atoms with Crippen LogP contribution in [-0.2, 0) is 23.1 Å². The molecule has 128 valence electrons. The summed E-state index contributed by atoms with van der Waals surface area (Å²) in [5, 5.41) is 11.4. The van der Waals surface area contributed by atoms with Crippen LogP contribution in [0.3, 0.4) is 0 Å². The van der Waals surface area contributed by atoms with E-state index in [1.165, 1.54) is 22.2 Å². The van der Waals surface area contributed by atoms with E-state index in [-0.39, 0.29) is 5.91 Å². The molecule has 2 aromatic rings. The number of morpholine rings is 1. The van der Waals surface area contributed by atoms with Crippen LogP contribution in [0, 0.1) is 0 Å². The Balaban J connectivity index is 1.46. The van der Waals surface area contributed by atoms with Crippen molar-refractivity contribution in [2.24, 2.45) is 7.05 Å². The predicted molar refractivity (Wildman–Crippen MR) is 92.0 cm³/mol. The van der Waals surface area contributed by atoms with Crippen molar-refractivity contribution in [3.05, 3.63) is 36.2 Å².